The summed E-state index contributed by atoms with van der Waals surface area (Å²) in [6.45, 7) is 11.5. The number of nitrogens with zero attached hydrogens (tertiary/aromatic N) is 1. The molecule has 1 aliphatic carbocycles. The second kappa shape index (κ2) is 6.15. The average molecular weight is 295 g/mol. The first kappa shape index (κ1) is 16.0. The van der Waals surface area contributed by atoms with Gasteiger partial charge in [0, 0.05) is 16.8 Å². The highest BCUT2D eigenvalue weighted by Gasteiger charge is 2.31. The highest BCUT2D eigenvalue weighted by molar-refractivity contribution is 7.11. The fraction of sp³-hybridized carbons (Fsp3) is 0.824. The Labute approximate surface area is 128 Å². The van der Waals surface area contributed by atoms with E-state index in [1.54, 1.807) is 0 Å². The molecule has 1 unspecified atom stereocenters. The highest BCUT2D eigenvalue weighted by Crippen LogP contribution is 2.44. The zero-order chi connectivity index (χ0) is 14.9. The van der Waals surface area contributed by atoms with Gasteiger partial charge in [-0.1, -0.05) is 20.8 Å². The van der Waals surface area contributed by atoms with Gasteiger partial charge in [-0.05, 0) is 57.9 Å². The average Bonchev–Trinajstić information content (AvgIpc) is 2.79. The fourth-order valence-electron chi connectivity index (χ4n) is 3.34. The van der Waals surface area contributed by atoms with Gasteiger partial charge >= 0.3 is 0 Å². The molecule has 2 rings (SSSR count). The van der Waals surface area contributed by atoms with Crippen LogP contribution in [-0.4, -0.2) is 12.0 Å². The molecule has 114 valence electrons. The summed E-state index contributed by atoms with van der Waals surface area (Å²) in [6.07, 6.45) is 5.37. The minimum absolute atomic E-state index is 0.423. The molecule has 1 aromatic heterocycles. The van der Waals surface area contributed by atoms with Crippen LogP contribution in [0.3, 0.4) is 0 Å². The summed E-state index contributed by atoms with van der Waals surface area (Å²) in [4.78, 5) is 6.29. The Morgan fingerprint density at radius 1 is 1.20 bits per heavy atom. The van der Waals surface area contributed by atoms with Crippen LogP contribution in [0.2, 0.25) is 0 Å². The van der Waals surface area contributed by atoms with E-state index in [2.05, 4.69) is 39.9 Å². The van der Waals surface area contributed by atoms with E-state index in [4.69, 9.17) is 4.98 Å². The third-order valence-electron chi connectivity index (χ3n) is 4.98. The summed E-state index contributed by atoms with van der Waals surface area (Å²) in [7, 11) is 2.03. The predicted octanol–water partition coefficient (Wildman–Crippen LogP) is 5.05. The molecule has 0 bridgehead atoms. The van der Waals surface area contributed by atoms with Crippen molar-refractivity contribution in [2.45, 2.75) is 72.3 Å². The molecule has 1 aliphatic rings. The van der Waals surface area contributed by atoms with Gasteiger partial charge in [0.25, 0.3) is 0 Å². The van der Waals surface area contributed by atoms with Gasteiger partial charge in [0.1, 0.15) is 0 Å². The summed E-state index contributed by atoms with van der Waals surface area (Å²) in [6, 6.07) is 0.423. The van der Waals surface area contributed by atoms with Gasteiger partial charge in [0.15, 0.2) is 0 Å². The van der Waals surface area contributed by atoms with Crippen LogP contribution in [0.25, 0.3) is 0 Å². The number of aromatic nitrogens is 1. The Morgan fingerprint density at radius 3 is 2.30 bits per heavy atom. The van der Waals surface area contributed by atoms with Gasteiger partial charge < -0.3 is 5.32 Å². The smallest absolute Gasteiger partial charge is 0.0962 e. The number of thiazole rings is 1. The first-order valence-corrected chi connectivity index (χ1v) is 8.79. The zero-order valence-corrected chi connectivity index (χ0v) is 14.7. The van der Waals surface area contributed by atoms with E-state index in [0.717, 1.165) is 5.92 Å². The Morgan fingerprint density at radius 2 is 1.80 bits per heavy atom. The Balaban J connectivity index is 2.04. The van der Waals surface area contributed by atoms with Gasteiger partial charge in [-0.25, -0.2) is 4.98 Å². The van der Waals surface area contributed by atoms with E-state index in [-0.39, 0.29) is 0 Å². The second-order valence-electron chi connectivity index (χ2n) is 7.43. The molecule has 1 fully saturated rings. The van der Waals surface area contributed by atoms with Crippen molar-refractivity contribution in [1.29, 1.82) is 0 Å². The van der Waals surface area contributed by atoms with Gasteiger partial charge in [-0.3, -0.25) is 0 Å². The lowest BCUT2D eigenvalue weighted by molar-refractivity contribution is 0.169. The molecule has 1 N–H and O–H groups in total. The van der Waals surface area contributed by atoms with E-state index < -0.39 is 0 Å². The molecule has 1 atom stereocenters. The predicted molar refractivity (Wildman–Crippen MR) is 88.5 cm³/mol. The van der Waals surface area contributed by atoms with E-state index in [1.165, 1.54) is 41.3 Å². The molecule has 3 heteroatoms. The van der Waals surface area contributed by atoms with Crippen LogP contribution in [0.15, 0.2) is 0 Å². The van der Waals surface area contributed by atoms with E-state index in [0.29, 0.717) is 17.4 Å². The first-order chi connectivity index (χ1) is 9.32. The molecule has 0 radical (unpaired) electrons. The molecule has 0 saturated heterocycles. The maximum atomic E-state index is 4.87. The van der Waals surface area contributed by atoms with Gasteiger partial charge in [0.05, 0.1) is 10.7 Å². The number of aryl methyl sites for hydroxylation is 1. The molecule has 0 spiro atoms. The molecule has 2 nitrogen and oxygen atoms in total. The van der Waals surface area contributed by atoms with Crippen molar-refractivity contribution < 1.29 is 0 Å². The van der Waals surface area contributed by atoms with Gasteiger partial charge in [0.2, 0.25) is 0 Å². The molecule has 0 aromatic carbocycles. The van der Waals surface area contributed by atoms with Crippen molar-refractivity contribution in [2.24, 2.45) is 11.3 Å². The minimum Gasteiger partial charge on any atom is -0.312 e. The molecule has 1 saturated carbocycles. The van der Waals surface area contributed by atoms with Crippen molar-refractivity contribution >= 4 is 11.3 Å². The van der Waals surface area contributed by atoms with Crippen LogP contribution in [0, 0.1) is 18.3 Å². The number of hydrogen-bond acceptors (Lipinski definition) is 3. The number of nitrogens with one attached hydrogen (secondary N) is 1. The van der Waals surface area contributed by atoms with Crippen molar-refractivity contribution in [3.63, 3.8) is 0 Å². The van der Waals surface area contributed by atoms with Crippen LogP contribution in [0.4, 0.5) is 0 Å². The van der Waals surface area contributed by atoms with E-state index >= 15 is 0 Å². The maximum Gasteiger partial charge on any atom is 0.0962 e. The normalized spacial score (nSPS) is 25.7. The van der Waals surface area contributed by atoms with Crippen LogP contribution in [0.1, 0.15) is 80.9 Å². The zero-order valence-electron chi connectivity index (χ0n) is 13.9. The SMILES string of the molecule is CNC(C)c1sc(C2CCC(C(C)(C)C)CC2)nc1C. The standard InChI is InChI=1S/C17H30N2S/c1-11(18-6)15-12(2)19-16(20-15)13-7-9-14(10-8-13)17(3,4)5/h11,13-14,18H,7-10H2,1-6H3. The number of hydrogen-bond donors (Lipinski definition) is 1. The summed E-state index contributed by atoms with van der Waals surface area (Å²) in [5.74, 6) is 1.59. The lowest BCUT2D eigenvalue weighted by Crippen LogP contribution is -2.25. The third kappa shape index (κ3) is 3.43. The van der Waals surface area contributed by atoms with E-state index in [9.17, 15) is 0 Å². The molecule has 0 amide bonds. The van der Waals surface area contributed by atoms with Crippen LogP contribution < -0.4 is 5.32 Å². The van der Waals surface area contributed by atoms with Crippen LogP contribution in [-0.2, 0) is 0 Å². The summed E-state index contributed by atoms with van der Waals surface area (Å²) in [5, 5.41) is 4.72. The third-order valence-corrected chi connectivity index (χ3v) is 6.48. The molecule has 1 heterocycles. The highest BCUT2D eigenvalue weighted by atomic mass is 32.1. The largest absolute Gasteiger partial charge is 0.312 e. The lowest BCUT2D eigenvalue weighted by atomic mass is 9.70. The summed E-state index contributed by atoms with van der Waals surface area (Å²) >= 11 is 1.93. The first-order valence-electron chi connectivity index (χ1n) is 7.97. The molecule has 1 aromatic rings. The molecular weight excluding hydrogens is 264 g/mol. The fourth-order valence-corrected chi connectivity index (χ4v) is 4.64. The molecular formula is C17H30N2S. The Bertz CT molecular complexity index is 436. The molecule has 0 aliphatic heterocycles. The van der Waals surface area contributed by atoms with E-state index in [1.807, 2.05) is 18.4 Å². The van der Waals surface area contributed by atoms with Crippen molar-refractivity contribution in [3.05, 3.63) is 15.6 Å². The quantitative estimate of drug-likeness (QED) is 0.843. The monoisotopic (exact) mass is 294 g/mol. The topological polar surface area (TPSA) is 24.9 Å². The van der Waals surface area contributed by atoms with Crippen molar-refractivity contribution in [1.82, 2.24) is 10.3 Å². The minimum atomic E-state index is 0.423. The Hall–Kier alpha value is -0.410. The van der Waals surface area contributed by atoms with Crippen molar-refractivity contribution in [3.8, 4) is 0 Å². The lowest BCUT2D eigenvalue weighted by Gasteiger charge is -2.36. The molecule has 20 heavy (non-hydrogen) atoms. The number of rotatable bonds is 3. The Kier molecular flexibility index (Phi) is 4.91. The maximum absolute atomic E-state index is 4.87. The van der Waals surface area contributed by atoms with Crippen molar-refractivity contribution in [2.75, 3.05) is 7.05 Å². The summed E-state index contributed by atoms with van der Waals surface area (Å²) < 4.78 is 0. The van der Waals surface area contributed by atoms with Gasteiger partial charge in [-0.2, -0.15) is 0 Å². The van der Waals surface area contributed by atoms with Gasteiger partial charge in [-0.15, -0.1) is 11.3 Å². The summed E-state index contributed by atoms with van der Waals surface area (Å²) in [5.41, 5.74) is 1.69. The van der Waals surface area contributed by atoms with Crippen LogP contribution >= 0.6 is 11.3 Å². The second-order valence-corrected chi connectivity index (χ2v) is 8.49. The van der Waals surface area contributed by atoms with Crippen LogP contribution in [0.5, 0.6) is 0 Å².